The van der Waals surface area contributed by atoms with Crippen LogP contribution in [0.25, 0.3) is 0 Å². The van der Waals surface area contributed by atoms with Crippen LogP contribution in [0.1, 0.15) is 75.8 Å². The fourth-order valence-electron chi connectivity index (χ4n) is 7.50. The molecule has 4 rings (SSSR count). The number of benzene rings is 1. The monoisotopic (exact) mass is 596 g/mol. The number of nitrogens with zero attached hydrogens (tertiary/aromatic N) is 2. The summed E-state index contributed by atoms with van der Waals surface area (Å²) in [6.45, 7) is 15.0. The molecule has 0 aromatic heterocycles. The number of rotatable bonds is 16. The molecule has 5 atom stereocenters. The number of likely N-dealkylation sites (tertiary alicyclic amines) is 1. The van der Waals surface area contributed by atoms with Crippen molar-refractivity contribution in [2.45, 2.75) is 94.1 Å². The minimum absolute atomic E-state index is 0.0971. The molecule has 42 heavy (non-hydrogen) atoms. The third-order valence-electron chi connectivity index (χ3n) is 9.41. The zero-order valence-corrected chi connectivity index (χ0v) is 26.4. The number of unbranched alkanes of at least 4 members (excludes halogenated alkanes) is 5. The molecule has 1 aromatic rings. The smallest absolute Gasteiger partial charge is 0.311 e. The summed E-state index contributed by atoms with van der Waals surface area (Å²) in [6, 6.07) is 5.32. The van der Waals surface area contributed by atoms with E-state index >= 15 is 0 Å². The van der Waals surface area contributed by atoms with Gasteiger partial charge in [-0.15, -0.1) is 24.9 Å². The first kappa shape index (κ1) is 32.3. The fraction of sp³-hybridized carbons (Fsp3) is 0.618. The Morgan fingerprint density at radius 3 is 2.48 bits per heavy atom. The van der Waals surface area contributed by atoms with E-state index in [9.17, 15) is 19.5 Å². The first-order valence-electron chi connectivity index (χ1n) is 15.5. The number of esters is 1. The Morgan fingerprint density at radius 2 is 1.81 bits per heavy atom. The van der Waals surface area contributed by atoms with E-state index in [1.165, 1.54) is 0 Å². The highest BCUT2D eigenvalue weighted by Crippen LogP contribution is 2.71. The molecule has 1 N–H and O–H groups in total. The van der Waals surface area contributed by atoms with Crippen molar-refractivity contribution in [3.8, 4) is 0 Å². The van der Waals surface area contributed by atoms with E-state index in [1.807, 2.05) is 38.1 Å². The minimum atomic E-state index is -0.684. The number of para-hydroxylation sites is 1. The Balaban J connectivity index is 1.69. The zero-order valence-electron chi connectivity index (χ0n) is 25.6. The minimum Gasteiger partial charge on any atom is -0.465 e. The molecule has 1 spiro atoms. The number of aryl methyl sites for hydroxylation is 2. The Bertz CT molecular complexity index is 1170. The standard InChI is InChI=1S/C34H48N2O5S/c1-6-8-9-14-23-41-32(40)27-26-30(38)36(21-12-10-11-13-22-37)29(34(26)19-18-33(27,5)42-34)31(39)35(20-7-2)28-24(3)16-15-17-25(28)4/h6-7,15-17,26-27,29,37H,1-2,8-14,18-23H2,3-5H3/t26-,27-,29?,33+,34?/m0/s1. The van der Waals surface area contributed by atoms with Crippen molar-refractivity contribution < 1.29 is 24.2 Å². The van der Waals surface area contributed by atoms with Gasteiger partial charge in [-0.3, -0.25) is 14.4 Å². The lowest BCUT2D eigenvalue weighted by Gasteiger charge is -2.38. The Morgan fingerprint density at radius 1 is 1.10 bits per heavy atom. The Hall–Kier alpha value is -2.58. The highest BCUT2D eigenvalue weighted by atomic mass is 32.2. The molecule has 3 saturated heterocycles. The number of thioether (sulfide) groups is 1. The lowest BCUT2D eigenvalue weighted by molar-refractivity contribution is -0.155. The summed E-state index contributed by atoms with van der Waals surface area (Å²) in [7, 11) is 0. The summed E-state index contributed by atoms with van der Waals surface area (Å²) in [5.41, 5.74) is 2.84. The maximum atomic E-state index is 14.8. The predicted octanol–water partition coefficient (Wildman–Crippen LogP) is 5.76. The first-order chi connectivity index (χ1) is 20.2. The van der Waals surface area contributed by atoms with Gasteiger partial charge in [0.25, 0.3) is 5.91 Å². The Labute approximate surface area is 255 Å². The van der Waals surface area contributed by atoms with Gasteiger partial charge in [0, 0.05) is 30.1 Å². The van der Waals surface area contributed by atoms with Crippen LogP contribution >= 0.6 is 11.8 Å². The van der Waals surface area contributed by atoms with Gasteiger partial charge in [0.1, 0.15) is 6.04 Å². The van der Waals surface area contributed by atoms with Crippen molar-refractivity contribution in [3.63, 3.8) is 0 Å². The van der Waals surface area contributed by atoms with E-state index in [1.54, 1.807) is 27.6 Å². The number of carbonyl (C=O) groups excluding carboxylic acids is 3. The van der Waals surface area contributed by atoms with E-state index in [0.29, 0.717) is 26.1 Å². The molecule has 1 aromatic carbocycles. The van der Waals surface area contributed by atoms with Crippen molar-refractivity contribution in [1.82, 2.24) is 4.90 Å². The number of fused-ring (bicyclic) bond motifs is 1. The molecule has 3 fully saturated rings. The average molecular weight is 597 g/mol. The molecule has 3 aliphatic rings. The quantitative estimate of drug-likeness (QED) is 0.148. The molecular formula is C34H48N2O5S. The molecule has 0 saturated carbocycles. The molecule has 0 aliphatic carbocycles. The second-order valence-corrected chi connectivity index (χ2v) is 14.2. The van der Waals surface area contributed by atoms with Crippen molar-refractivity contribution in [2.75, 3.05) is 31.2 Å². The second kappa shape index (κ2) is 13.8. The molecule has 2 bridgehead atoms. The summed E-state index contributed by atoms with van der Waals surface area (Å²) >= 11 is 1.68. The van der Waals surface area contributed by atoms with Crippen LogP contribution in [0.3, 0.4) is 0 Å². The number of amides is 2. The van der Waals surface area contributed by atoms with Gasteiger partial charge in [0.05, 0.1) is 23.2 Å². The van der Waals surface area contributed by atoms with Crippen LogP contribution in [0.2, 0.25) is 0 Å². The highest BCUT2D eigenvalue weighted by Gasteiger charge is 2.77. The second-order valence-electron chi connectivity index (χ2n) is 12.3. The van der Waals surface area contributed by atoms with Crippen LogP contribution in [0.4, 0.5) is 5.69 Å². The summed E-state index contributed by atoms with van der Waals surface area (Å²) in [5, 5.41) is 9.21. The van der Waals surface area contributed by atoms with Gasteiger partial charge in [-0.1, -0.05) is 43.2 Å². The maximum Gasteiger partial charge on any atom is 0.311 e. The van der Waals surface area contributed by atoms with Gasteiger partial charge in [-0.25, -0.2) is 0 Å². The molecule has 2 unspecified atom stereocenters. The lowest BCUT2D eigenvalue weighted by atomic mass is 9.66. The number of ether oxygens (including phenoxy) is 1. The third-order valence-corrected chi connectivity index (χ3v) is 11.4. The van der Waals surface area contributed by atoms with Crippen LogP contribution in [0.15, 0.2) is 43.5 Å². The molecule has 230 valence electrons. The van der Waals surface area contributed by atoms with Gasteiger partial charge in [-0.05, 0) is 76.8 Å². The highest BCUT2D eigenvalue weighted by molar-refractivity contribution is 8.02. The number of hydrogen-bond donors (Lipinski definition) is 1. The molecule has 7 nitrogen and oxygen atoms in total. The normalized spacial score (nSPS) is 27.7. The lowest BCUT2D eigenvalue weighted by Crippen LogP contribution is -2.55. The number of carbonyl (C=O) groups is 3. The van der Waals surface area contributed by atoms with Crippen LogP contribution in [0.5, 0.6) is 0 Å². The van der Waals surface area contributed by atoms with E-state index < -0.39 is 27.4 Å². The van der Waals surface area contributed by atoms with Crippen LogP contribution < -0.4 is 4.90 Å². The molecule has 0 radical (unpaired) electrons. The first-order valence-corrected chi connectivity index (χ1v) is 16.4. The van der Waals surface area contributed by atoms with Crippen molar-refractivity contribution >= 4 is 35.2 Å². The summed E-state index contributed by atoms with van der Waals surface area (Å²) in [4.78, 5) is 46.5. The largest absolute Gasteiger partial charge is 0.465 e. The van der Waals surface area contributed by atoms with Gasteiger partial charge in [-0.2, -0.15) is 0 Å². The summed E-state index contributed by atoms with van der Waals surface area (Å²) in [5.74, 6) is -1.67. The Kier molecular flexibility index (Phi) is 10.6. The number of anilines is 1. The number of aliphatic hydroxyl groups is 1. The predicted molar refractivity (Wildman–Crippen MR) is 169 cm³/mol. The molecule has 2 amide bonds. The molecule has 8 heteroatoms. The van der Waals surface area contributed by atoms with E-state index in [0.717, 1.165) is 68.2 Å². The molecule has 3 aliphatic heterocycles. The zero-order chi connectivity index (χ0) is 30.5. The van der Waals surface area contributed by atoms with E-state index in [4.69, 9.17) is 4.74 Å². The number of allylic oxidation sites excluding steroid dienone is 1. The topological polar surface area (TPSA) is 87.1 Å². The van der Waals surface area contributed by atoms with Crippen LogP contribution in [-0.4, -0.2) is 69.6 Å². The summed E-state index contributed by atoms with van der Waals surface area (Å²) in [6.07, 6.45) is 10.8. The third kappa shape index (κ3) is 5.94. The van der Waals surface area contributed by atoms with Gasteiger partial charge in [0.15, 0.2) is 0 Å². The van der Waals surface area contributed by atoms with Crippen LogP contribution in [0, 0.1) is 25.7 Å². The average Bonchev–Trinajstić information content (AvgIpc) is 3.52. The van der Waals surface area contributed by atoms with E-state index in [-0.39, 0.29) is 24.4 Å². The van der Waals surface area contributed by atoms with Crippen molar-refractivity contribution in [1.29, 1.82) is 0 Å². The van der Waals surface area contributed by atoms with Crippen molar-refractivity contribution in [3.05, 3.63) is 54.6 Å². The van der Waals surface area contributed by atoms with Gasteiger partial charge in [0.2, 0.25) is 5.91 Å². The summed E-state index contributed by atoms with van der Waals surface area (Å²) < 4.78 is 4.66. The SMILES string of the molecule is C=CCCCCOC(=O)[C@@H]1[C@H]2C(=O)N(CCCCCCO)C(C(=O)N(CC=C)c3c(C)cccc3C)C23CC[C@@]1(C)S3. The molecule has 3 heterocycles. The van der Waals surface area contributed by atoms with E-state index in [2.05, 4.69) is 20.1 Å². The van der Waals surface area contributed by atoms with Gasteiger partial charge < -0.3 is 19.6 Å². The maximum absolute atomic E-state index is 14.8. The van der Waals surface area contributed by atoms with Gasteiger partial charge >= 0.3 is 5.97 Å². The van der Waals surface area contributed by atoms with Crippen molar-refractivity contribution in [2.24, 2.45) is 11.8 Å². The fourth-order valence-corrected chi connectivity index (χ4v) is 9.84. The number of aliphatic hydroxyl groups excluding tert-OH is 1. The van der Waals surface area contributed by atoms with Crippen LogP contribution in [-0.2, 0) is 19.1 Å². The molecular weight excluding hydrogens is 548 g/mol. The number of hydrogen-bond acceptors (Lipinski definition) is 6.